The van der Waals surface area contributed by atoms with Crippen molar-refractivity contribution in [3.8, 4) is 0 Å². The molecule has 0 saturated heterocycles. The van der Waals surface area contributed by atoms with Crippen LogP contribution in [0, 0.1) is 5.92 Å². The molecule has 0 spiro atoms. The summed E-state index contributed by atoms with van der Waals surface area (Å²) in [6.07, 6.45) is 0. The molecule has 0 radical (unpaired) electrons. The molecule has 1 rings (SSSR count). The van der Waals surface area contributed by atoms with E-state index in [9.17, 15) is 0 Å². The molecular formula is C10H19ClN6. The topological polar surface area (TPSA) is 80.0 Å². The van der Waals surface area contributed by atoms with Crippen LogP contribution < -0.4 is 11.1 Å². The number of anilines is 2. The highest BCUT2D eigenvalue weighted by atomic mass is 35.5. The molecule has 0 aliphatic rings. The van der Waals surface area contributed by atoms with Crippen molar-refractivity contribution in [2.24, 2.45) is 5.92 Å². The monoisotopic (exact) mass is 258 g/mol. The van der Waals surface area contributed by atoms with Gasteiger partial charge in [-0.15, -0.1) is 0 Å². The number of halogens is 1. The van der Waals surface area contributed by atoms with Gasteiger partial charge in [0, 0.05) is 12.6 Å². The molecule has 0 aliphatic heterocycles. The molecule has 0 fully saturated rings. The molecule has 1 aromatic heterocycles. The molecule has 0 aliphatic carbocycles. The Kier molecular flexibility index (Phi) is 4.89. The third kappa shape index (κ3) is 4.70. The maximum atomic E-state index is 5.73. The summed E-state index contributed by atoms with van der Waals surface area (Å²) in [6.45, 7) is 5.14. The molecule has 1 heterocycles. The van der Waals surface area contributed by atoms with Crippen molar-refractivity contribution in [2.45, 2.75) is 19.9 Å². The predicted molar refractivity (Wildman–Crippen MR) is 70.1 cm³/mol. The number of nitrogens with zero attached hydrogens (tertiary/aromatic N) is 4. The van der Waals surface area contributed by atoms with Gasteiger partial charge in [0.15, 0.2) is 0 Å². The fraction of sp³-hybridized carbons (Fsp3) is 0.700. The van der Waals surface area contributed by atoms with Gasteiger partial charge in [-0.2, -0.15) is 15.0 Å². The zero-order valence-electron chi connectivity index (χ0n) is 10.6. The zero-order chi connectivity index (χ0) is 13.0. The lowest BCUT2D eigenvalue weighted by Crippen LogP contribution is -2.37. The Morgan fingerprint density at radius 1 is 1.29 bits per heavy atom. The van der Waals surface area contributed by atoms with E-state index in [1.54, 1.807) is 0 Å². The SMILES string of the molecule is CC(C)C(CN(C)C)Nc1nc(N)nc(Cl)n1. The summed E-state index contributed by atoms with van der Waals surface area (Å²) in [5.74, 6) is 0.983. The van der Waals surface area contributed by atoms with Gasteiger partial charge in [-0.3, -0.25) is 0 Å². The molecule has 3 N–H and O–H groups in total. The Bertz CT molecular complexity index is 348. The predicted octanol–water partition coefficient (Wildman–Crippen LogP) is 1.11. The van der Waals surface area contributed by atoms with E-state index in [1.807, 2.05) is 14.1 Å². The first-order valence-corrected chi connectivity index (χ1v) is 5.84. The van der Waals surface area contributed by atoms with Crippen molar-refractivity contribution < 1.29 is 0 Å². The Labute approximate surface area is 107 Å². The first-order chi connectivity index (χ1) is 7.88. The van der Waals surface area contributed by atoms with Gasteiger partial charge < -0.3 is 16.0 Å². The Hall–Kier alpha value is -1.14. The van der Waals surface area contributed by atoms with Crippen LogP contribution in [0.3, 0.4) is 0 Å². The second-order valence-electron chi connectivity index (χ2n) is 4.54. The molecular weight excluding hydrogens is 240 g/mol. The van der Waals surface area contributed by atoms with E-state index in [-0.39, 0.29) is 17.3 Å². The third-order valence-corrected chi connectivity index (χ3v) is 2.48. The van der Waals surface area contributed by atoms with Crippen LogP contribution in [0.15, 0.2) is 0 Å². The van der Waals surface area contributed by atoms with Crippen molar-refractivity contribution in [1.29, 1.82) is 0 Å². The van der Waals surface area contributed by atoms with Gasteiger partial charge in [-0.25, -0.2) is 0 Å². The van der Waals surface area contributed by atoms with E-state index in [0.29, 0.717) is 11.9 Å². The molecule has 0 amide bonds. The number of hydrogen-bond donors (Lipinski definition) is 2. The normalized spacial score (nSPS) is 13.1. The number of rotatable bonds is 5. The molecule has 1 unspecified atom stereocenters. The number of likely N-dealkylation sites (N-methyl/N-ethyl adjacent to an activating group) is 1. The molecule has 0 bridgehead atoms. The lowest BCUT2D eigenvalue weighted by molar-refractivity contribution is 0.343. The fourth-order valence-electron chi connectivity index (χ4n) is 1.41. The lowest BCUT2D eigenvalue weighted by atomic mass is 10.0. The maximum Gasteiger partial charge on any atom is 0.229 e. The Morgan fingerprint density at radius 2 is 1.94 bits per heavy atom. The quantitative estimate of drug-likeness (QED) is 0.824. The number of aromatic nitrogens is 3. The van der Waals surface area contributed by atoms with Crippen LogP contribution >= 0.6 is 11.6 Å². The Morgan fingerprint density at radius 3 is 2.41 bits per heavy atom. The highest BCUT2D eigenvalue weighted by molar-refractivity contribution is 6.28. The average Bonchev–Trinajstić information content (AvgIpc) is 2.13. The summed E-state index contributed by atoms with van der Waals surface area (Å²) in [4.78, 5) is 13.8. The lowest BCUT2D eigenvalue weighted by Gasteiger charge is -2.25. The number of hydrogen-bond acceptors (Lipinski definition) is 6. The number of nitrogens with one attached hydrogen (secondary N) is 1. The highest BCUT2D eigenvalue weighted by Crippen LogP contribution is 2.12. The van der Waals surface area contributed by atoms with Gasteiger partial charge in [0.2, 0.25) is 17.2 Å². The number of nitrogens with two attached hydrogens (primary N) is 1. The molecule has 1 atom stereocenters. The van der Waals surface area contributed by atoms with Gasteiger partial charge >= 0.3 is 0 Å². The van der Waals surface area contributed by atoms with Crippen molar-refractivity contribution in [3.63, 3.8) is 0 Å². The van der Waals surface area contributed by atoms with Crippen LogP contribution in [0.4, 0.5) is 11.9 Å². The molecule has 1 aromatic rings. The van der Waals surface area contributed by atoms with Crippen LogP contribution in [-0.2, 0) is 0 Å². The van der Waals surface area contributed by atoms with E-state index in [2.05, 4.69) is 39.0 Å². The van der Waals surface area contributed by atoms with Crippen LogP contribution in [0.25, 0.3) is 0 Å². The highest BCUT2D eigenvalue weighted by Gasteiger charge is 2.16. The second-order valence-corrected chi connectivity index (χ2v) is 4.88. The maximum absolute atomic E-state index is 5.73. The molecule has 17 heavy (non-hydrogen) atoms. The molecule has 7 heteroatoms. The minimum atomic E-state index is 0.104. The van der Waals surface area contributed by atoms with Gasteiger partial charge in [0.05, 0.1) is 0 Å². The average molecular weight is 259 g/mol. The summed E-state index contributed by atoms with van der Waals surface area (Å²) in [6, 6.07) is 0.225. The largest absolute Gasteiger partial charge is 0.368 e. The van der Waals surface area contributed by atoms with E-state index in [1.165, 1.54) is 0 Å². The third-order valence-electron chi connectivity index (χ3n) is 2.31. The number of nitrogen functional groups attached to an aromatic ring is 1. The summed E-state index contributed by atoms with van der Waals surface area (Å²) < 4.78 is 0. The minimum absolute atomic E-state index is 0.104. The van der Waals surface area contributed by atoms with Crippen molar-refractivity contribution in [1.82, 2.24) is 19.9 Å². The van der Waals surface area contributed by atoms with E-state index < -0.39 is 0 Å². The summed E-state index contributed by atoms with van der Waals surface area (Å²) >= 11 is 5.73. The molecule has 96 valence electrons. The van der Waals surface area contributed by atoms with Crippen LogP contribution in [0.2, 0.25) is 5.28 Å². The minimum Gasteiger partial charge on any atom is -0.368 e. The van der Waals surface area contributed by atoms with E-state index in [0.717, 1.165) is 6.54 Å². The van der Waals surface area contributed by atoms with Gasteiger partial charge in [0.25, 0.3) is 0 Å². The fourth-order valence-corrected chi connectivity index (χ4v) is 1.58. The first-order valence-electron chi connectivity index (χ1n) is 5.46. The van der Waals surface area contributed by atoms with Crippen LogP contribution in [-0.4, -0.2) is 46.5 Å². The van der Waals surface area contributed by atoms with Gasteiger partial charge in [-0.1, -0.05) is 13.8 Å². The first kappa shape index (κ1) is 13.9. The zero-order valence-corrected chi connectivity index (χ0v) is 11.4. The summed E-state index contributed by atoms with van der Waals surface area (Å²) in [7, 11) is 4.04. The smallest absolute Gasteiger partial charge is 0.229 e. The molecule has 0 aromatic carbocycles. The molecule has 6 nitrogen and oxygen atoms in total. The summed E-state index contributed by atoms with van der Waals surface area (Å²) in [5, 5.41) is 3.33. The van der Waals surface area contributed by atoms with E-state index >= 15 is 0 Å². The Balaban J connectivity index is 2.78. The second kappa shape index (κ2) is 5.97. The van der Waals surface area contributed by atoms with Gasteiger partial charge in [-0.05, 0) is 31.6 Å². The summed E-state index contributed by atoms with van der Waals surface area (Å²) in [5.41, 5.74) is 5.52. The van der Waals surface area contributed by atoms with Crippen molar-refractivity contribution in [3.05, 3.63) is 5.28 Å². The standard InChI is InChI=1S/C10H19ClN6/c1-6(2)7(5-17(3)4)13-10-15-8(11)14-9(12)16-10/h6-7H,5H2,1-4H3,(H3,12,13,14,15,16). The van der Waals surface area contributed by atoms with E-state index in [4.69, 9.17) is 17.3 Å². The van der Waals surface area contributed by atoms with Crippen molar-refractivity contribution >= 4 is 23.5 Å². The van der Waals surface area contributed by atoms with Crippen LogP contribution in [0.5, 0.6) is 0 Å². The molecule has 0 saturated carbocycles. The van der Waals surface area contributed by atoms with Crippen LogP contribution in [0.1, 0.15) is 13.8 Å². The van der Waals surface area contributed by atoms with Gasteiger partial charge in [0.1, 0.15) is 0 Å². The van der Waals surface area contributed by atoms with Crippen molar-refractivity contribution in [2.75, 3.05) is 31.7 Å².